The van der Waals surface area contributed by atoms with E-state index >= 15 is 0 Å². The van der Waals surface area contributed by atoms with Gasteiger partial charge in [0.15, 0.2) is 5.82 Å². The Morgan fingerprint density at radius 2 is 2.26 bits per heavy atom. The van der Waals surface area contributed by atoms with E-state index in [1.807, 2.05) is 0 Å². The molecule has 1 heterocycles. The second-order valence-corrected chi connectivity index (χ2v) is 6.02. The molecule has 0 radical (unpaired) electrons. The molecule has 0 spiro atoms. The molecule has 2 N–H and O–H groups in total. The van der Waals surface area contributed by atoms with Crippen molar-refractivity contribution in [2.75, 3.05) is 17.7 Å². The third-order valence-electron chi connectivity index (χ3n) is 2.60. The first kappa shape index (κ1) is 14.0. The van der Waals surface area contributed by atoms with E-state index in [2.05, 4.69) is 15.5 Å². The zero-order chi connectivity index (χ0) is 13.8. The molecule has 0 amide bonds. The molecule has 0 saturated heterocycles. The van der Waals surface area contributed by atoms with Gasteiger partial charge < -0.3 is 5.73 Å². The Kier molecular flexibility index (Phi) is 4.49. The van der Waals surface area contributed by atoms with E-state index in [4.69, 9.17) is 17.3 Å². The molecule has 6 nitrogen and oxygen atoms in total. The molecule has 0 aliphatic heterocycles. The third kappa shape index (κ3) is 3.30. The lowest BCUT2D eigenvalue weighted by molar-refractivity contribution is 0.583. The molecule has 0 aliphatic rings. The summed E-state index contributed by atoms with van der Waals surface area (Å²) in [5, 5.41) is 12.0. The average molecular weight is 300 g/mol. The number of aryl methyl sites for hydroxylation is 1. The number of rotatable bonds is 5. The summed E-state index contributed by atoms with van der Waals surface area (Å²) in [5.74, 6) is 1.14. The molecule has 0 saturated carbocycles. The van der Waals surface area contributed by atoms with E-state index in [0.29, 0.717) is 34.4 Å². The summed E-state index contributed by atoms with van der Waals surface area (Å²) in [6.45, 7) is 0.576. The summed E-state index contributed by atoms with van der Waals surface area (Å²) >= 11 is 6.14. The fraction of sp³-hybridized carbons (Fsp3) is 0.364. The van der Waals surface area contributed by atoms with Gasteiger partial charge in [0.05, 0.1) is 10.6 Å². The second kappa shape index (κ2) is 6.12. The predicted molar refractivity (Wildman–Crippen MR) is 76.2 cm³/mol. The van der Waals surface area contributed by atoms with Crippen LogP contribution in [0.15, 0.2) is 18.2 Å². The first-order chi connectivity index (χ1) is 9.09. The third-order valence-corrected chi connectivity index (χ3v) is 3.78. The van der Waals surface area contributed by atoms with Crippen LogP contribution in [0.1, 0.15) is 6.42 Å². The highest BCUT2D eigenvalue weighted by Gasteiger charge is 2.15. The normalized spacial score (nSPS) is 12.5. The summed E-state index contributed by atoms with van der Waals surface area (Å²) in [6.07, 6.45) is 2.40. The van der Waals surface area contributed by atoms with Gasteiger partial charge in [-0.25, -0.2) is 4.68 Å². The number of nitrogen functional groups attached to an aromatic ring is 1. The monoisotopic (exact) mass is 299 g/mol. The van der Waals surface area contributed by atoms with Crippen molar-refractivity contribution in [3.05, 3.63) is 23.2 Å². The van der Waals surface area contributed by atoms with Crippen molar-refractivity contribution in [3.63, 3.8) is 0 Å². The minimum Gasteiger partial charge on any atom is -0.398 e. The number of benzene rings is 1. The molecule has 1 aromatic heterocycles. The van der Waals surface area contributed by atoms with Crippen LogP contribution in [0.25, 0.3) is 11.4 Å². The largest absolute Gasteiger partial charge is 0.398 e. The minimum atomic E-state index is -0.820. The topological polar surface area (TPSA) is 86.7 Å². The van der Waals surface area contributed by atoms with Crippen LogP contribution in [0.4, 0.5) is 5.69 Å². The number of hydrogen-bond donors (Lipinski definition) is 1. The maximum Gasteiger partial charge on any atom is 0.185 e. The zero-order valence-corrected chi connectivity index (χ0v) is 12.0. The summed E-state index contributed by atoms with van der Waals surface area (Å²) in [6, 6.07) is 5.27. The lowest BCUT2D eigenvalue weighted by Crippen LogP contribution is -2.07. The zero-order valence-electron chi connectivity index (χ0n) is 10.4. The maximum absolute atomic E-state index is 11.0. The van der Waals surface area contributed by atoms with E-state index < -0.39 is 10.8 Å². The SMILES string of the molecule is CS(=O)CCCn1nnnc1-c1c(N)cccc1Cl. The van der Waals surface area contributed by atoms with Crippen LogP contribution < -0.4 is 5.73 Å². The first-order valence-electron chi connectivity index (χ1n) is 5.70. The highest BCUT2D eigenvalue weighted by Crippen LogP contribution is 2.31. The van der Waals surface area contributed by atoms with Crippen LogP contribution in [0.5, 0.6) is 0 Å². The van der Waals surface area contributed by atoms with E-state index in [-0.39, 0.29) is 0 Å². The van der Waals surface area contributed by atoms with Gasteiger partial charge >= 0.3 is 0 Å². The van der Waals surface area contributed by atoms with Gasteiger partial charge in [0.2, 0.25) is 0 Å². The fourth-order valence-corrected chi connectivity index (χ4v) is 2.53. The number of halogens is 1. The quantitative estimate of drug-likeness (QED) is 0.842. The van der Waals surface area contributed by atoms with Gasteiger partial charge in [-0.2, -0.15) is 0 Å². The summed E-state index contributed by atoms with van der Waals surface area (Å²) in [7, 11) is -0.820. The van der Waals surface area contributed by atoms with E-state index in [1.165, 1.54) is 0 Å². The Hall–Kier alpha value is -1.47. The molecule has 1 atom stereocenters. The van der Waals surface area contributed by atoms with Crippen molar-refractivity contribution in [1.82, 2.24) is 20.2 Å². The average Bonchev–Trinajstić information content (AvgIpc) is 2.77. The number of hydrogen-bond acceptors (Lipinski definition) is 5. The Balaban J connectivity index is 2.26. The molecule has 19 heavy (non-hydrogen) atoms. The number of aromatic nitrogens is 4. The van der Waals surface area contributed by atoms with Gasteiger partial charge in [-0.05, 0) is 29.0 Å². The van der Waals surface area contributed by atoms with Gasteiger partial charge in [-0.15, -0.1) is 5.10 Å². The summed E-state index contributed by atoms with van der Waals surface area (Å²) in [4.78, 5) is 0. The molecule has 0 aliphatic carbocycles. The molecule has 1 aromatic carbocycles. The number of nitrogens with zero attached hydrogens (tertiary/aromatic N) is 4. The van der Waals surface area contributed by atoms with Gasteiger partial charge in [0.25, 0.3) is 0 Å². The molecule has 1 unspecified atom stereocenters. The van der Waals surface area contributed by atoms with Crippen LogP contribution in [0, 0.1) is 0 Å². The molecule has 0 fully saturated rings. The molecule has 8 heteroatoms. The van der Waals surface area contributed by atoms with Crippen LogP contribution in [0.3, 0.4) is 0 Å². The van der Waals surface area contributed by atoms with Crippen molar-refractivity contribution in [1.29, 1.82) is 0 Å². The van der Waals surface area contributed by atoms with Gasteiger partial charge in [-0.1, -0.05) is 17.7 Å². The second-order valence-electron chi connectivity index (χ2n) is 4.06. The minimum absolute atomic E-state index is 0.509. The number of anilines is 1. The standard InChI is InChI=1S/C11H14ClN5OS/c1-19(18)7-3-6-17-11(14-15-16-17)10-8(12)4-2-5-9(10)13/h2,4-5H,3,6-7,13H2,1H3. The molecule has 0 bridgehead atoms. The van der Waals surface area contributed by atoms with E-state index in [0.717, 1.165) is 6.42 Å². The van der Waals surface area contributed by atoms with E-state index in [1.54, 1.807) is 29.1 Å². The Labute approximate surface area is 118 Å². The van der Waals surface area contributed by atoms with Crippen LogP contribution in [0.2, 0.25) is 5.02 Å². The highest BCUT2D eigenvalue weighted by molar-refractivity contribution is 7.84. The Bertz CT molecular complexity index is 580. The fourth-order valence-electron chi connectivity index (χ4n) is 1.73. The van der Waals surface area contributed by atoms with Gasteiger partial charge in [0.1, 0.15) is 0 Å². The lowest BCUT2D eigenvalue weighted by atomic mass is 10.1. The Morgan fingerprint density at radius 1 is 1.47 bits per heavy atom. The van der Waals surface area contributed by atoms with Crippen LogP contribution in [-0.4, -0.2) is 36.4 Å². The predicted octanol–water partition coefficient (Wildman–Crippen LogP) is 1.34. The summed E-state index contributed by atoms with van der Waals surface area (Å²) < 4.78 is 12.7. The molecule has 102 valence electrons. The smallest absolute Gasteiger partial charge is 0.185 e. The van der Waals surface area contributed by atoms with Crippen molar-refractivity contribution >= 4 is 28.1 Å². The lowest BCUT2D eigenvalue weighted by Gasteiger charge is -2.08. The molecule has 2 rings (SSSR count). The van der Waals surface area contributed by atoms with Crippen LogP contribution >= 0.6 is 11.6 Å². The molecular weight excluding hydrogens is 286 g/mol. The number of tetrazole rings is 1. The van der Waals surface area contributed by atoms with Gasteiger partial charge in [0, 0.05) is 35.0 Å². The van der Waals surface area contributed by atoms with Crippen molar-refractivity contribution in [2.24, 2.45) is 0 Å². The van der Waals surface area contributed by atoms with Crippen molar-refractivity contribution in [3.8, 4) is 11.4 Å². The highest BCUT2D eigenvalue weighted by atomic mass is 35.5. The maximum atomic E-state index is 11.0. The van der Waals surface area contributed by atoms with Crippen LogP contribution in [-0.2, 0) is 17.3 Å². The molecular formula is C11H14ClN5OS. The first-order valence-corrected chi connectivity index (χ1v) is 7.80. The van der Waals surface area contributed by atoms with E-state index in [9.17, 15) is 4.21 Å². The number of nitrogens with two attached hydrogens (primary N) is 1. The molecule has 2 aromatic rings. The van der Waals surface area contributed by atoms with Crippen molar-refractivity contribution in [2.45, 2.75) is 13.0 Å². The van der Waals surface area contributed by atoms with Gasteiger partial charge in [-0.3, -0.25) is 4.21 Å². The summed E-state index contributed by atoms with van der Waals surface area (Å²) in [5.41, 5.74) is 7.08. The van der Waals surface area contributed by atoms with Crippen molar-refractivity contribution < 1.29 is 4.21 Å². The Morgan fingerprint density at radius 3 is 2.95 bits per heavy atom.